The van der Waals surface area contributed by atoms with Crippen molar-refractivity contribution in [2.24, 2.45) is 0 Å². The van der Waals surface area contributed by atoms with Gasteiger partial charge in [0.2, 0.25) is 5.91 Å². The molecule has 0 aliphatic carbocycles. The number of carbonyl (C=O) groups is 4. The molecule has 0 bridgehead atoms. The number of esters is 1. The number of anilines is 1. The number of thioether (sulfide) groups is 1. The molecule has 3 aromatic rings. The Bertz CT molecular complexity index is 1560. The molecular formula is C28H20Br2Cl2N2O6S. The summed E-state index contributed by atoms with van der Waals surface area (Å²) in [6, 6.07) is 15.1. The standard InChI is InChI=1S/C28H20Br2Cl2N2O6S/c1-2-39-27(37)18-12-17(7-8-22(18)32)33-24(35)13-34-26(36)23(41-28(34)38)11-15-9-19(29)25(20(30)10-15)40-14-16-5-3-4-6-21(16)31/h3-12H,2,13-14H2,1H3,(H,33,35)/b23-11+. The zero-order valence-corrected chi connectivity index (χ0v) is 26.7. The van der Waals surface area contributed by atoms with Crippen LogP contribution in [0.5, 0.6) is 5.75 Å². The smallest absolute Gasteiger partial charge is 0.339 e. The van der Waals surface area contributed by atoms with Crippen molar-refractivity contribution in [1.29, 1.82) is 0 Å². The number of halogens is 4. The highest BCUT2D eigenvalue weighted by Crippen LogP contribution is 2.38. The molecule has 0 atom stereocenters. The molecule has 8 nitrogen and oxygen atoms in total. The van der Waals surface area contributed by atoms with Crippen molar-refractivity contribution < 1.29 is 28.7 Å². The maximum Gasteiger partial charge on any atom is 0.339 e. The third kappa shape index (κ3) is 7.72. The summed E-state index contributed by atoms with van der Waals surface area (Å²) in [5, 5.41) is 2.74. The van der Waals surface area contributed by atoms with Gasteiger partial charge in [0.25, 0.3) is 11.1 Å². The lowest BCUT2D eigenvalue weighted by molar-refractivity contribution is -0.127. The van der Waals surface area contributed by atoms with Crippen LogP contribution in [0.1, 0.15) is 28.4 Å². The molecule has 0 unspecified atom stereocenters. The fourth-order valence-electron chi connectivity index (χ4n) is 3.67. The Hall–Kier alpha value is -2.83. The highest BCUT2D eigenvalue weighted by molar-refractivity contribution is 9.11. The summed E-state index contributed by atoms with van der Waals surface area (Å²) in [5.74, 6) is -1.33. The monoisotopic (exact) mass is 740 g/mol. The van der Waals surface area contributed by atoms with Crippen molar-refractivity contribution in [3.05, 3.63) is 95.2 Å². The summed E-state index contributed by atoms with van der Waals surface area (Å²) in [4.78, 5) is 51.3. The van der Waals surface area contributed by atoms with Crippen LogP contribution < -0.4 is 10.1 Å². The molecule has 0 aromatic heterocycles. The molecule has 0 spiro atoms. The second kappa shape index (κ2) is 13.9. The van der Waals surface area contributed by atoms with E-state index in [1.165, 1.54) is 18.2 Å². The van der Waals surface area contributed by atoms with Gasteiger partial charge in [-0.25, -0.2) is 4.79 Å². The van der Waals surface area contributed by atoms with E-state index in [-0.39, 0.29) is 34.4 Å². The summed E-state index contributed by atoms with van der Waals surface area (Å²) < 4.78 is 12.1. The van der Waals surface area contributed by atoms with Crippen LogP contribution in [0.2, 0.25) is 10.0 Å². The third-order valence-electron chi connectivity index (χ3n) is 5.57. The average Bonchev–Trinajstić information content (AvgIpc) is 3.17. The van der Waals surface area contributed by atoms with Crippen molar-refractivity contribution in [3.8, 4) is 5.75 Å². The van der Waals surface area contributed by atoms with E-state index in [9.17, 15) is 19.2 Å². The molecular weight excluding hydrogens is 723 g/mol. The molecule has 13 heteroatoms. The highest BCUT2D eigenvalue weighted by Gasteiger charge is 2.36. The molecule has 212 valence electrons. The van der Waals surface area contributed by atoms with E-state index >= 15 is 0 Å². The van der Waals surface area contributed by atoms with Gasteiger partial charge in [0, 0.05) is 16.3 Å². The van der Waals surface area contributed by atoms with Crippen LogP contribution in [0.15, 0.2) is 68.4 Å². The van der Waals surface area contributed by atoms with Gasteiger partial charge in [-0.1, -0.05) is 41.4 Å². The Morgan fingerprint density at radius 2 is 1.73 bits per heavy atom. The van der Waals surface area contributed by atoms with E-state index in [0.29, 0.717) is 25.3 Å². The average molecular weight is 743 g/mol. The van der Waals surface area contributed by atoms with Gasteiger partial charge in [-0.3, -0.25) is 19.3 Å². The van der Waals surface area contributed by atoms with Crippen LogP contribution in [0, 0.1) is 0 Å². The molecule has 1 saturated heterocycles. The third-order valence-corrected chi connectivity index (χ3v) is 8.35. The van der Waals surface area contributed by atoms with E-state index in [1.54, 1.807) is 31.2 Å². The number of nitrogens with zero attached hydrogens (tertiary/aromatic N) is 1. The fraction of sp³-hybridized carbons (Fsp3) is 0.143. The number of rotatable bonds is 9. The van der Waals surface area contributed by atoms with E-state index in [2.05, 4.69) is 37.2 Å². The first-order valence-electron chi connectivity index (χ1n) is 11.9. The topological polar surface area (TPSA) is 102 Å². The summed E-state index contributed by atoms with van der Waals surface area (Å²) in [6.07, 6.45) is 1.56. The lowest BCUT2D eigenvalue weighted by Crippen LogP contribution is -2.36. The Kier molecular flexibility index (Phi) is 10.5. The summed E-state index contributed by atoms with van der Waals surface area (Å²) in [6.45, 7) is 1.56. The van der Waals surface area contributed by atoms with Crippen LogP contribution >= 0.6 is 66.8 Å². The lowest BCUT2D eigenvalue weighted by Gasteiger charge is -2.13. The molecule has 4 rings (SSSR count). The van der Waals surface area contributed by atoms with Crippen LogP contribution in [-0.2, 0) is 20.9 Å². The van der Waals surface area contributed by atoms with Crippen molar-refractivity contribution in [3.63, 3.8) is 0 Å². The van der Waals surface area contributed by atoms with Gasteiger partial charge in [0.05, 0.1) is 31.0 Å². The van der Waals surface area contributed by atoms with Gasteiger partial charge in [-0.05, 0) is 98.6 Å². The van der Waals surface area contributed by atoms with Crippen molar-refractivity contribution in [2.45, 2.75) is 13.5 Å². The van der Waals surface area contributed by atoms with Gasteiger partial charge in [0.1, 0.15) is 18.9 Å². The van der Waals surface area contributed by atoms with Crippen LogP contribution in [-0.4, -0.2) is 41.1 Å². The predicted octanol–water partition coefficient (Wildman–Crippen LogP) is 7.95. The van der Waals surface area contributed by atoms with Crippen LogP contribution in [0.3, 0.4) is 0 Å². The maximum absolute atomic E-state index is 13.0. The molecule has 1 aliphatic heterocycles. The van der Waals surface area contributed by atoms with Gasteiger partial charge in [0.15, 0.2) is 0 Å². The number of hydrogen-bond acceptors (Lipinski definition) is 7. The number of imide groups is 1. The molecule has 1 aliphatic rings. The molecule has 1 heterocycles. The molecule has 0 radical (unpaired) electrons. The minimum absolute atomic E-state index is 0.0815. The first-order valence-corrected chi connectivity index (χ1v) is 15.1. The molecule has 1 N–H and O–H groups in total. The quantitative estimate of drug-likeness (QED) is 0.175. The van der Waals surface area contributed by atoms with Gasteiger partial charge >= 0.3 is 5.97 Å². The lowest BCUT2D eigenvalue weighted by atomic mass is 10.2. The Balaban J connectivity index is 1.43. The highest BCUT2D eigenvalue weighted by atomic mass is 79.9. The zero-order chi connectivity index (χ0) is 29.7. The molecule has 41 heavy (non-hydrogen) atoms. The number of carbonyl (C=O) groups excluding carboxylic acids is 4. The number of ether oxygens (including phenoxy) is 2. The van der Waals surface area contributed by atoms with Gasteiger partial charge < -0.3 is 14.8 Å². The van der Waals surface area contributed by atoms with Gasteiger partial charge in [-0.2, -0.15) is 0 Å². The van der Waals surface area contributed by atoms with Crippen LogP contribution in [0.25, 0.3) is 6.08 Å². The maximum atomic E-state index is 13.0. The molecule has 3 aromatic carbocycles. The first kappa shape index (κ1) is 31.1. The Morgan fingerprint density at radius 1 is 1.02 bits per heavy atom. The number of hydrogen-bond donors (Lipinski definition) is 1. The molecule has 1 fully saturated rings. The summed E-state index contributed by atoms with van der Waals surface area (Å²) in [5.41, 5.74) is 1.79. The SMILES string of the molecule is CCOC(=O)c1cc(NC(=O)CN2C(=O)S/C(=C/c3cc(Br)c(OCc4ccccc4Cl)c(Br)c3)C2=O)ccc1Cl. The molecule has 0 saturated carbocycles. The molecule has 3 amide bonds. The number of amides is 3. The normalized spacial score (nSPS) is 14.0. The fourth-order valence-corrected chi connectivity index (χ4v) is 6.34. The van der Waals surface area contributed by atoms with Crippen molar-refractivity contribution in [2.75, 3.05) is 18.5 Å². The van der Waals surface area contributed by atoms with Crippen molar-refractivity contribution >= 4 is 102 Å². The Labute approximate surface area is 266 Å². The minimum Gasteiger partial charge on any atom is -0.486 e. The van der Waals surface area contributed by atoms with E-state index < -0.39 is 29.6 Å². The zero-order valence-electron chi connectivity index (χ0n) is 21.2. The first-order chi connectivity index (χ1) is 19.6. The van der Waals surface area contributed by atoms with E-state index in [1.807, 2.05) is 18.2 Å². The Morgan fingerprint density at radius 3 is 2.41 bits per heavy atom. The second-order valence-electron chi connectivity index (χ2n) is 8.42. The van der Waals surface area contributed by atoms with Crippen LogP contribution in [0.4, 0.5) is 10.5 Å². The second-order valence-corrected chi connectivity index (χ2v) is 11.9. The number of benzene rings is 3. The van der Waals surface area contributed by atoms with Crippen molar-refractivity contribution in [1.82, 2.24) is 4.90 Å². The largest absolute Gasteiger partial charge is 0.486 e. The van der Waals surface area contributed by atoms with E-state index in [4.69, 9.17) is 32.7 Å². The van der Waals surface area contributed by atoms with Gasteiger partial charge in [-0.15, -0.1) is 0 Å². The number of nitrogens with one attached hydrogen (secondary N) is 1. The predicted molar refractivity (Wildman–Crippen MR) is 166 cm³/mol. The summed E-state index contributed by atoms with van der Waals surface area (Å²) >= 11 is 20.0. The van der Waals surface area contributed by atoms with E-state index in [0.717, 1.165) is 22.2 Å². The summed E-state index contributed by atoms with van der Waals surface area (Å²) in [7, 11) is 0. The minimum atomic E-state index is -0.636.